The van der Waals surface area contributed by atoms with Gasteiger partial charge in [0.05, 0.1) is 4.90 Å². The van der Waals surface area contributed by atoms with Gasteiger partial charge in [-0.05, 0) is 12.5 Å². The average Bonchev–Trinajstić information content (AvgIpc) is 2.52. The van der Waals surface area contributed by atoms with E-state index in [0.29, 0.717) is 6.42 Å². The summed E-state index contributed by atoms with van der Waals surface area (Å²) in [6.07, 6.45) is 9.14. The third-order valence-electron chi connectivity index (χ3n) is 4.09. The van der Waals surface area contributed by atoms with Gasteiger partial charge in [-0.2, -0.15) is 0 Å². The molecule has 0 aromatic heterocycles. The second kappa shape index (κ2) is 13.3. The van der Waals surface area contributed by atoms with E-state index in [1.165, 1.54) is 56.7 Å². The molecule has 0 N–H and O–H groups in total. The first-order valence-corrected chi connectivity index (χ1v) is 10.1. The van der Waals surface area contributed by atoms with Crippen molar-refractivity contribution in [3.05, 3.63) is 29.8 Å². The predicted molar refractivity (Wildman–Crippen MR) is 90.1 cm³/mol. The second-order valence-corrected chi connectivity index (χ2v) is 7.42. The van der Waals surface area contributed by atoms with E-state index < -0.39 is 21.2 Å². The van der Waals surface area contributed by atoms with Gasteiger partial charge in [0.15, 0.2) is 0 Å². The Kier molecular flexibility index (Phi) is 13.3. The molecule has 0 bridgehead atoms. The largest absolute Gasteiger partial charge is 1.00 e. The number of hydrogen-bond donors (Lipinski definition) is 0. The Morgan fingerprint density at radius 3 is 2.00 bits per heavy atom. The number of unbranched alkanes of at least 4 members (excludes halogenated alkanes) is 8. The molecule has 0 fully saturated rings. The van der Waals surface area contributed by atoms with Crippen LogP contribution in [-0.4, -0.2) is 13.0 Å². The van der Waals surface area contributed by atoms with E-state index >= 15 is 0 Å². The van der Waals surface area contributed by atoms with E-state index in [1.807, 2.05) is 0 Å². The van der Waals surface area contributed by atoms with Gasteiger partial charge in [0, 0.05) is 5.56 Å². The van der Waals surface area contributed by atoms with Gasteiger partial charge in [-0.1, -0.05) is 82.9 Å². The molecule has 0 aliphatic carbocycles. The number of rotatable bonds is 12. The van der Waals surface area contributed by atoms with Crippen LogP contribution >= 0.6 is 0 Å². The van der Waals surface area contributed by atoms with Crippen LogP contribution in [0.1, 0.15) is 82.9 Å². The van der Waals surface area contributed by atoms with Crippen LogP contribution in [0, 0.1) is 0 Å². The summed E-state index contributed by atoms with van der Waals surface area (Å²) in [7, 11) is -4.62. The van der Waals surface area contributed by atoms with Crippen LogP contribution in [0.2, 0.25) is 0 Å². The third-order valence-corrected chi connectivity index (χ3v) is 5.00. The number of alkyl halides is 1. The molecule has 0 saturated carbocycles. The maximum Gasteiger partial charge on any atom is 1.00 e. The number of benzene rings is 1. The third kappa shape index (κ3) is 9.52. The van der Waals surface area contributed by atoms with Gasteiger partial charge in [0.25, 0.3) is 0 Å². The Balaban J connectivity index is 0.00000529. The van der Waals surface area contributed by atoms with Crippen LogP contribution in [0.25, 0.3) is 0 Å². The molecule has 0 heterocycles. The molecule has 0 amide bonds. The molecule has 24 heavy (non-hydrogen) atoms. The molecule has 0 saturated heterocycles. The molecular weight excluding hydrogens is 338 g/mol. The summed E-state index contributed by atoms with van der Waals surface area (Å²) >= 11 is 0. The zero-order valence-corrected chi connectivity index (χ0v) is 17.8. The summed E-state index contributed by atoms with van der Waals surface area (Å²) in [5.41, 5.74) is 0.00191. The van der Waals surface area contributed by atoms with E-state index in [2.05, 4.69) is 6.92 Å². The second-order valence-electron chi connectivity index (χ2n) is 6.08. The van der Waals surface area contributed by atoms with Gasteiger partial charge in [-0.15, -0.1) is 0 Å². The minimum atomic E-state index is -4.62. The fraction of sp³-hybridized carbons (Fsp3) is 0.667. The van der Waals surface area contributed by atoms with E-state index in [9.17, 15) is 17.4 Å². The Morgan fingerprint density at radius 1 is 0.958 bits per heavy atom. The number of hydrogen-bond acceptors (Lipinski definition) is 3. The molecule has 1 aromatic carbocycles. The minimum Gasteiger partial charge on any atom is -0.744 e. The van der Waals surface area contributed by atoms with Crippen molar-refractivity contribution in [3.63, 3.8) is 0 Å². The molecule has 1 unspecified atom stereocenters. The van der Waals surface area contributed by atoms with E-state index in [0.717, 1.165) is 12.8 Å². The molecule has 0 aliphatic rings. The molecule has 1 atom stereocenters. The molecule has 0 radical (unpaired) electrons. The molecule has 1 aromatic rings. The Morgan fingerprint density at radius 2 is 1.46 bits per heavy atom. The van der Waals surface area contributed by atoms with Crippen molar-refractivity contribution in [2.24, 2.45) is 0 Å². The van der Waals surface area contributed by atoms with Crippen LogP contribution in [0.4, 0.5) is 4.39 Å². The van der Waals surface area contributed by atoms with Gasteiger partial charge < -0.3 is 4.55 Å². The van der Waals surface area contributed by atoms with Crippen LogP contribution in [0.5, 0.6) is 0 Å². The quantitative estimate of drug-likeness (QED) is 0.324. The Bertz CT molecular complexity index is 549. The summed E-state index contributed by atoms with van der Waals surface area (Å²) < 4.78 is 47.7. The van der Waals surface area contributed by atoms with Crippen LogP contribution in [0.3, 0.4) is 0 Å². The fourth-order valence-corrected chi connectivity index (χ4v) is 3.49. The van der Waals surface area contributed by atoms with Crippen molar-refractivity contribution in [1.82, 2.24) is 0 Å². The summed E-state index contributed by atoms with van der Waals surface area (Å²) in [4.78, 5) is -0.427. The predicted octanol–water partition coefficient (Wildman–Crippen LogP) is 2.53. The van der Waals surface area contributed by atoms with Crippen LogP contribution < -0.4 is 29.6 Å². The van der Waals surface area contributed by atoms with Gasteiger partial charge in [0.2, 0.25) is 0 Å². The summed E-state index contributed by atoms with van der Waals surface area (Å²) in [5, 5.41) is 0. The fourth-order valence-electron chi connectivity index (χ4n) is 2.76. The SMILES string of the molecule is CCCCCCCCCCCC(F)c1ccccc1S(=O)(=O)[O-].[Na+]. The van der Waals surface area contributed by atoms with E-state index in [-0.39, 0.29) is 41.5 Å². The standard InChI is InChI=1S/C18H29FO3S.Na/c1-2-3-4-5-6-7-8-9-10-14-17(19)16-13-11-12-15-18(16)23(20,21)22;/h11-13,15,17H,2-10,14H2,1H3,(H,20,21,22);/q;+1/p-1. The first kappa shape index (κ1) is 24.1. The van der Waals surface area contributed by atoms with Gasteiger partial charge in [0.1, 0.15) is 16.3 Å². The summed E-state index contributed by atoms with van der Waals surface area (Å²) in [6, 6.07) is 5.58. The first-order valence-electron chi connectivity index (χ1n) is 8.65. The van der Waals surface area contributed by atoms with E-state index in [4.69, 9.17) is 0 Å². The maximum absolute atomic E-state index is 14.2. The zero-order chi connectivity index (χ0) is 17.1. The van der Waals surface area contributed by atoms with Crippen molar-refractivity contribution in [3.8, 4) is 0 Å². The summed E-state index contributed by atoms with van der Waals surface area (Å²) in [5.74, 6) is 0. The van der Waals surface area contributed by atoms with Crippen molar-refractivity contribution in [2.75, 3.05) is 0 Å². The van der Waals surface area contributed by atoms with Crippen molar-refractivity contribution >= 4 is 10.1 Å². The minimum absolute atomic E-state index is 0. The summed E-state index contributed by atoms with van der Waals surface area (Å²) in [6.45, 7) is 2.20. The van der Waals surface area contributed by atoms with Gasteiger partial charge in [-0.3, -0.25) is 0 Å². The van der Waals surface area contributed by atoms with Gasteiger partial charge >= 0.3 is 29.6 Å². The molecule has 132 valence electrons. The molecule has 1 rings (SSSR count). The molecular formula is C18H28FNaO3S. The molecule has 6 heteroatoms. The van der Waals surface area contributed by atoms with Crippen molar-refractivity contribution in [2.45, 2.75) is 82.2 Å². The monoisotopic (exact) mass is 366 g/mol. The first-order chi connectivity index (χ1) is 11.0. The maximum atomic E-state index is 14.2. The van der Waals surface area contributed by atoms with Crippen molar-refractivity contribution < 1.29 is 46.9 Å². The normalized spacial score (nSPS) is 12.6. The molecule has 0 aliphatic heterocycles. The Labute approximate surface area is 168 Å². The topological polar surface area (TPSA) is 57.2 Å². The Hall–Kier alpha value is 0.0600. The average molecular weight is 366 g/mol. The van der Waals surface area contributed by atoms with Crippen LogP contribution in [0.15, 0.2) is 29.2 Å². The van der Waals surface area contributed by atoms with Crippen LogP contribution in [-0.2, 0) is 10.1 Å². The zero-order valence-electron chi connectivity index (χ0n) is 15.0. The van der Waals surface area contributed by atoms with Gasteiger partial charge in [-0.25, -0.2) is 12.8 Å². The van der Waals surface area contributed by atoms with Crippen molar-refractivity contribution in [1.29, 1.82) is 0 Å². The number of halogens is 1. The molecule has 0 spiro atoms. The molecule has 3 nitrogen and oxygen atoms in total. The smallest absolute Gasteiger partial charge is 0.744 e. The van der Waals surface area contributed by atoms with E-state index in [1.54, 1.807) is 6.07 Å².